The second-order valence-electron chi connectivity index (χ2n) is 4.40. The largest absolute Gasteiger partial charge is 0.618 e. The van der Waals surface area contributed by atoms with Crippen molar-refractivity contribution < 1.29 is 4.73 Å². The van der Waals surface area contributed by atoms with Crippen molar-refractivity contribution in [3.8, 4) is 0 Å². The number of hydrogen-bond donors (Lipinski definition) is 0. The fourth-order valence-corrected chi connectivity index (χ4v) is 1.70. The summed E-state index contributed by atoms with van der Waals surface area (Å²) >= 11 is 0. The number of hydrogen-bond acceptors (Lipinski definition) is 1. The summed E-state index contributed by atoms with van der Waals surface area (Å²) in [6.45, 7) is 6.44. The van der Waals surface area contributed by atoms with Gasteiger partial charge < -0.3 is 5.21 Å². The second kappa shape index (κ2) is 4.45. The highest BCUT2D eigenvalue weighted by Crippen LogP contribution is 2.25. The molecule has 0 fully saturated rings. The van der Waals surface area contributed by atoms with Gasteiger partial charge in [0.1, 0.15) is 0 Å². The molecule has 0 saturated carbocycles. The van der Waals surface area contributed by atoms with Crippen LogP contribution in [0.15, 0.2) is 24.4 Å². The van der Waals surface area contributed by atoms with Crippen LogP contribution >= 0.6 is 0 Å². The Balaban J connectivity index is 2.86. The predicted octanol–water partition coefficient (Wildman–Crippen LogP) is 2.79. The minimum atomic E-state index is -0.0149. The predicted molar refractivity (Wildman–Crippen MR) is 58.0 cm³/mol. The van der Waals surface area contributed by atoms with Gasteiger partial charge in [0.25, 0.3) is 0 Å². The van der Waals surface area contributed by atoms with E-state index in [1.165, 1.54) is 12.8 Å². The molecule has 1 aromatic rings. The van der Waals surface area contributed by atoms with Crippen LogP contribution in [0.3, 0.4) is 0 Å². The van der Waals surface area contributed by atoms with Gasteiger partial charge in [-0.25, -0.2) is 0 Å². The first-order valence-corrected chi connectivity index (χ1v) is 5.26. The number of nitrogens with zero attached hydrogens (tertiary/aromatic N) is 1. The summed E-state index contributed by atoms with van der Waals surface area (Å²) in [7, 11) is 0. The van der Waals surface area contributed by atoms with Crippen LogP contribution in [-0.2, 0) is 5.41 Å². The number of unbranched alkanes of at least 4 members (excludes halogenated alkanes) is 1. The maximum Gasteiger partial charge on any atom is 0.198 e. The van der Waals surface area contributed by atoms with Crippen molar-refractivity contribution in [2.24, 2.45) is 0 Å². The molecule has 0 bridgehead atoms. The Labute approximate surface area is 86.2 Å². The van der Waals surface area contributed by atoms with E-state index in [2.05, 4.69) is 20.8 Å². The van der Waals surface area contributed by atoms with Gasteiger partial charge in [-0.1, -0.05) is 19.8 Å². The van der Waals surface area contributed by atoms with Crippen LogP contribution in [0.25, 0.3) is 0 Å². The summed E-state index contributed by atoms with van der Waals surface area (Å²) in [5, 5.41) is 11.5. The number of aromatic nitrogens is 1. The third kappa shape index (κ3) is 2.47. The highest BCUT2D eigenvalue weighted by Gasteiger charge is 2.27. The molecule has 0 unspecified atom stereocenters. The Kier molecular flexibility index (Phi) is 3.50. The molecule has 1 aromatic heterocycles. The quantitative estimate of drug-likeness (QED) is 0.533. The number of pyridine rings is 1. The van der Waals surface area contributed by atoms with Crippen molar-refractivity contribution >= 4 is 0 Å². The lowest BCUT2D eigenvalue weighted by Gasteiger charge is -2.22. The molecule has 0 aliphatic heterocycles. The summed E-state index contributed by atoms with van der Waals surface area (Å²) in [6.07, 6.45) is 4.98. The van der Waals surface area contributed by atoms with Gasteiger partial charge in [0, 0.05) is 12.1 Å². The van der Waals surface area contributed by atoms with Crippen molar-refractivity contribution in [3.63, 3.8) is 0 Å². The zero-order chi connectivity index (χ0) is 10.6. The summed E-state index contributed by atoms with van der Waals surface area (Å²) in [5.74, 6) is 0. The Hall–Kier alpha value is -1.05. The molecular weight excluding hydrogens is 174 g/mol. The van der Waals surface area contributed by atoms with E-state index < -0.39 is 0 Å². The Morgan fingerprint density at radius 1 is 1.36 bits per heavy atom. The zero-order valence-corrected chi connectivity index (χ0v) is 9.29. The molecule has 1 rings (SSSR count). The van der Waals surface area contributed by atoms with Crippen molar-refractivity contribution in [3.05, 3.63) is 35.3 Å². The maximum absolute atomic E-state index is 11.5. The van der Waals surface area contributed by atoms with Gasteiger partial charge in [0.2, 0.25) is 0 Å². The maximum atomic E-state index is 11.5. The molecule has 14 heavy (non-hydrogen) atoms. The SMILES string of the molecule is CCCCC(C)(C)c1cccc[n+]1[O-]. The third-order valence-electron chi connectivity index (χ3n) is 2.67. The van der Waals surface area contributed by atoms with Crippen molar-refractivity contribution in [1.82, 2.24) is 0 Å². The molecule has 2 heteroatoms. The summed E-state index contributed by atoms with van der Waals surface area (Å²) < 4.78 is 0.982. The van der Waals surface area contributed by atoms with Crippen LogP contribution in [0.4, 0.5) is 0 Å². The first-order chi connectivity index (χ1) is 6.58. The van der Waals surface area contributed by atoms with Gasteiger partial charge in [-0.05, 0) is 26.3 Å². The summed E-state index contributed by atoms with van der Waals surface area (Å²) in [6, 6.07) is 5.62. The molecule has 0 aromatic carbocycles. The van der Waals surface area contributed by atoms with Crippen LogP contribution < -0.4 is 4.73 Å². The van der Waals surface area contributed by atoms with E-state index in [1.54, 1.807) is 12.3 Å². The van der Waals surface area contributed by atoms with Crippen LogP contribution in [0, 0.1) is 5.21 Å². The lowest BCUT2D eigenvalue weighted by molar-refractivity contribution is -0.618. The Morgan fingerprint density at radius 2 is 2.07 bits per heavy atom. The molecule has 0 spiro atoms. The van der Waals surface area contributed by atoms with Crippen molar-refractivity contribution in [2.75, 3.05) is 0 Å². The first kappa shape index (κ1) is 11.0. The summed E-state index contributed by atoms with van der Waals surface area (Å²) in [4.78, 5) is 0. The molecule has 78 valence electrons. The molecule has 0 aliphatic carbocycles. The first-order valence-electron chi connectivity index (χ1n) is 5.26. The molecule has 0 N–H and O–H groups in total. The lowest BCUT2D eigenvalue weighted by Crippen LogP contribution is -2.38. The fourth-order valence-electron chi connectivity index (χ4n) is 1.70. The Morgan fingerprint density at radius 3 is 2.64 bits per heavy atom. The minimum absolute atomic E-state index is 0.0149. The van der Waals surface area contributed by atoms with Gasteiger partial charge in [0.15, 0.2) is 11.9 Å². The smallest absolute Gasteiger partial charge is 0.198 e. The normalized spacial score (nSPS) is 11.6. The molecule has 0 aliphatic rings. The van der Waals surface area contributed by atoms with Gasteiger partial charge in [0.05, 0.1) is 5.41 Å². The highest BCUT2D eigenvalue weighted by molar-refractivity contribution is 5.09. The van der Waals surface area contributed by atoms with E-state index in [1.807, 2.05) is 12.1 Å². The molecule has 0 saturated heterocycles. The van der Waals surface area contributed by atoms with E-state index in [0.29, 0.717) is 0 Å². The minimum Gasteiger partial charge on any atom is -0.618 e. The molecule has 2 nitrogen and oxygen atoms in total. The monoisotopic (exact) mass is 193 g/mol. The Bertz CT molecular complexity index is 294. The standard InChI is InChI=1S/C12H19NO/c1-4-5-9-12(2,3)11-8-6-7-10-13(11)14/h6-8,10H,4-5,9H2,1-3H3. The lowest BCUT2D eigenvalue weighted by atomic mass is 9.83. The third-order valence-corrected chi connectivity index (χ3v) is 2.67. The van der Waals surface area contributed by atoms with Gasteiger partial charge >= 0.3 is 0 Å². The van der Waals surface area contributed by atoms with E-state index >= 15 is 0 Å². The fraction of sp³-hybridized carbons (Fsp3) is 0.583. The van der Waals surface area contributed by atoms with Crippen LogP contribution in [0.5, 0.6) is 0 Å². The van der Waals surface area contributed by atoms with E-state index in [0.717, 1.165) is 16.8 Å². The van der Waals surface area contributed by atoms with E-state index in [9.17, 15) is 5.21 Å². The molecule has 1 heterocycles. The van der Waals surface area contributed by atoms with E-state index in [-0.39, 0.29) is 5.41 Å². The van der Waals surface area contributed by atoms with E-state index in [4.69, 9.17) is 0 Å². The van der Waals surface area contributed by atoms with Gasteiger partial charge in [-0.3, -0.25) is 0 Å². The van der Waals surface area contributed by atoms with Crippen molar-refractivity contribution in [1.29, 1.82) is 0 Å². The topological polar surface area (TPSA) is 26.9 Å². The van der Waals surface area contributed by atoms with Crippen LogP contribution in [0.2, 0.25) is 0 Å². The van der Waals surface area contributed by atoms with Gasteiger partial charge in [-0.2, -0.15) is 4.73 Å². The molecule has 0 atom stereocenters. The average molecular weight is 193 g/mol. The summed E-state index contributed by atoms with van der Waals surface area (Å²) in [5.41, 5.74) is 0.854. The molecule has 0 amide bonds. The molecule has 0 radical (unpaired) electrons. The van der Waals surface area contributed by atoms with Gasteiger partial charge in [-0.15, -0.1) is 0 Å². The van der Waals surface area contributed by atoms with Crippen molar-refractivity contribution in [2.45, 2.75) is 45.4 Å². The molecular formula is C12H19NO. The zero-order valence-electron chi connectivity index (χ0n) is 9.29. The average Bonchev–Trinajstić information content (AvgIpc) is 2.15. The second-order valence-corrected chi connectivity index (χ2v) is 4.40. The highest BCUT2D eigenvalue weighted by atomic mass is 16.5. The number of rotatable bonds is 4. The van der Waals surface area contributed by atoms with Crippen LogP contribution in [0.1, 0.15) is 45.7 Å². The van der Waals surface area contributed by atoms with Crippen LogP contribution in [-0.4, -0.2) is 0 Å².